The fourth-order valence-electron chi connectivity index (χ4n) is 2.56. The molecule has 1 heterocycles. The number of aryl methyl sites for hydroxylation is 1. The summed E-state index contributed by atoms with van der Waals surface area (Å²) in [7, 11) is -6.87. The molecule has 0 aliphatic carbocycles. The number of aliphatic hydroxyl groups excluding tert-OH is 1. The van der Waals surface area contributed by atoms with Crippen molar-refractivity contribution in [1.29, 1.82) is 0 Å². The van der Waals surface area contributed by atoms with Crippen LogP contribution in [0.3, 0.4) is 0 Å². The zero-order chi connectivity index (χ0) is 21.8. The summed E-state index contributed by atoms with van der Waals surface area (Å²) in [6.07, 6.45) is -1.59. The molecular formula is C17H23FN4O5S2. The molecule has 2 aromatic rings. The minimum atomic E-state index is -4.11. The largest absolute Gasteiger partial charge is 0.393 e. The maximum atomic E-state index is 13.4. The van der Waals surface area contributed by atoms with Gasteiger partial charge in [0.1, 0.15) is 16.9 Å². The Hall–Kier alpha value is -2.12. The molecule has 12 heteroatoms. The number of nitrogens with one attached hydrogen (secondary N) is 1. The number of anilines is 1. The van der Waals surface area contributed by atoms with Gasteiger partial charge in [-0.2, -0.15) is 4.31 Å². The van der Waals surface area contributed by atoms with Crippen LogP contribution in [0.25, 0.3) is 0 Å². The average molecular weight is 447 g/mol. The number of hydrogen-bond donors (Lipinski definition) is 3. The zero-order valence-corrected chi connectivity index (χ0v) is 17.5. The lowest BCUT2D eigenvalue weighted by atomic mass is 10.2. The van der Waals surface area contributed by atoms with Crippen LogP contribution in [0.1, 0.15) is 11.3 Å². The molecule has 160 valence electrons. The molecule has 0 spiro atoms. The summed E-state index contributed by atoms with van der Waals surface area (Å²) in [5.41, 5.74) is 0.716. The van der Waals surface area contributed by atoms with Gasteiger partial charge in [-0.05, 0) is 30.7 Å². The Labute approximate surface area is 169 Å². The van der Waals surface area contributed by atoms with Crippen LogP contribution in [0, 0.1) is 6.92 Å². The SMILES string of the molecule is Cc1ccc(S(=O)(=O)N(C)Cc2ccccc2S(N)(=O)=O)c(NC[C@H](F)CO)n1. The summed E-state index contributed by atoms with van der Waals surface area (Å²) >= 11 is 0. The predicted molar refractivity (Wildman–Crippen MR) is 106 cm³/mol. The first-order chi connectivity index (χ1) is 13.5. The lowest BCUT2D eigenvalue weighted by molar-refractivity contribution is 0.186. The van der Waals surface area contributed by atoms with E-state index in [0.29, 0.717) is 5.69 Å². The van der Waals surface area contributed by atoms with Crippen LogP contribution in [0.2, 0.25) is 0 Å². The molecule has 9 nitrogen and oxygen atoms in total. The Kier molecular flexibility index (Phi) is 7.30. The highest BCUT2D eigenvalue weighted by Crippen LogP contribution is 2.25. The molecule has 0 saturated heterocycles. The summed E-state index contributed by atoms with van der Waals surface area (Å²) in [6.45, 7) is 0.343. The number of sulfonamides is 2. The van der Waals surface area contributed by atoms with Crippen LogP contribution in [0.5, 0.6) is 0 Å². The number of alkyl halides is 1. The second-order valence-electron chi connectivity index (χ2n) is 6.37. The van der Waals surface area contributed by atoms with Gasteiger partial charge in [0, 0.05) is 25.8 Å². The molecule has 0 saturated carbocycles. The summed E-state index contributed by atoms with van der Waals surface area (Å²) in [5, 5.41) is 16.6. The van der Waals surface area contributed by atoms with Crippen molar-refractivity contribution in [3.63, 3.8) is 0 Å². The minimum Gasteiger partial charge on any atom is -0.393 e. The van der Waals surface area contributed by atoms with Crippen LogP contribution < -0.4 is 10.5 Å². The Morgan fingerprint density at radius 3 is 2.45 bits per heavy atom. The number of rotatable bonds is 9. The van der Waals surface area contributed by atoms with Gasteiger partial charge in [-0.3, -0.25) is 0 Å². The molecule has 0 unspecified atom stereocenters. The topological polar surface area (TPSA) is 143 Å². The van der Waals surface area contributed by atoms with Crippen LogP contribution in [-0.2, 0) is 26.6 Å². The van der Waals surface area contributed by atoms with Gasteiger partial charge >= 0.3 is 0 Å². The van der Waals surface area contributed by atoms with E-state index in [-0.39, 0.29) is 34.3 Å². The molecule has 4 N–H and O–H groups in total. The highest BCUT2D eigenvalue weighted by molar-refractivity contribution is 7.89. The lowest BCUT2D eigenvalue weighted by Gasteiger charge is -2.21. The van der Waals surface area contributed by atoms with Crippen LogP contribution in [0.4, 0.5) is 10.2 Å². The molecule has 29 heavy (non-hydrogen) atoms. The molecule has 0 aliphatic rings. The number of nitrogens with two attached hydrogens (primary N) is 1. The van der Waals surface area contributed by atoms with E-state index in [1.165, 1.54) is 37.4 Å². The fourth-order valence-corrected chi connectivity index (χ4v) is 4.57. The summed E-state index contributed by atoms with van der Waals surface area (Å²) in [4.78, 5) is 3.73. The third-order valence-corrected chi connectivity index (χ3v) is 6.89. The van der Waals surface area contributed by atoms with E-state index in [9.17, 15) is 21.2 Å². The van der Waals surface area contributed by atoms with Crippen molar-refractivity contribution < 1.29 is 26.3 Å². The van der Waals surface area contributed by atoms with E-state index in [0.717, 1.165) is 4.31 Å². The Bertz CT molecular complexity index is 1080. The van der Waals surface area contributed by atoms with Crippen molar-refractivity contribution in [3.8, 4) is 0 Å². The van der Waals surface area contributed by atoms with Gasteiger partial charge < -0.3 is 10.4 Å². The maximum Gasteiger partial charge on any atom is 0.246 e. The first-order valence-corrected chi connectivity index (χ1v) is 11.5. The molecule has 2 rings (SSSR count). The number of primary sulfonamides is 1. The highest BCUT2D eigenvalue weighted by Gasteiger charge is 2.27. The van der Waals surface area contributed by atoms with Gasteiger partial charge in [-0.15, -0.1) is 0 Å². The normalized spacial score (nSPS) is 13.4. The third-order valence-electron chi connectivity index (χ3n) is 4.05. The first kappa shape index (κ1) is 23.2. The van der Waals surface area contributed by atoms with Crippen LogP contribution >= 0.6 is 0 Å². The second-order valence-corrected chi connectivity index (χ2v) is 9.92. The molecule has 1 aromatic carbocycles. The minimum absolute atomic E-state index is 0.0623. The zero-order valence-electron chi connectivity index (χ0n) is 15.9. The first-order valence-electron chi connectivity index (χ1n) is 8.50. The van der Waals surface area contributed by atoms with E-state index >= 15 is 0 Å². The summed E-state index contributed by atoms with van der Waals surface area (Å²) < 4.78 is 64.0. The van der Waals surface area contributed by atoms with Crippen molar-refractivity contribution in [2.45, 2.75) is 29.4 Å². The fraction of sp³-hybridized carbons (Fsp3) is 0.353. The molecule has 1 aromatic heterocycles. The molecule has 0 radical (unpaired) electrons. The Balaban J connectivity index is 2.39. The number of aliphatic hydroxyl groups is 1. The van der Waals surface area contributed by atoms with E-state index in [1.54, 1.807) is 13.0 Å². The van der Waals surface area contributed by atoms with Gasteiger partial charge in [0.2, 0.25) is 20.0 Å². The van der Waals surface area contributed by atoms with Crippen molar-refractivity contribution in [3.05, 3.63) is 47.7 Å². The van der Waals surface area contributed by atoms with Crippen molar-refractivity contribution in [1.82, 2.24) is 9.29 Å². The maximum absolute atomic E-state index is 13.4. The van der Waals surface area contributed by atoms with E-state index in [1.807, 2.05) is 0 Å². The number of nitrogens with zero attached hydrogens (tertiary/aromatic N) is 2. The van der Waals surface area contributed by atoms with Gasteiger partial charge in [-0.25, -0.2) is 31.3 Å². The lowest BCUT2D eigenvalue weighted by Crippen LogP contribution is -2.29. The Morgan fingerprint density at radius 1 is 1.17 bits per heavy atom. The number of aromatic nitrogens is 1. The number of hydrogen-bond acceptors (Lipinski definition) is 7. The monoisotopic (exact) mass is 446 g/mol. The highest BCUT2D eigenvalue weighted by atomic mass is 32.2. The molecule has 0 aliphatic heterocycles. The molecule has 1 atom stereocenters. The average Bonchev–Trinajstić information content (AvgIpc) is 2.65. The predicted octanol–water partition coefficient (Wildman–Crippen LogP) is 0.600. The Morgan fingerprint density at radius 2 is 1.83 bits per heavy atom. The standard InChI is InChI=1S/C17H23FN4O5S2/c1-12-7-8-16(17(21-12)20-9-14(18)11-23)29(26,27)22(2)10-13-5-3-4-6-15(13)28(19,24)25/h3-8,14,23H,9-11H2,1-2H3,(H,20,21)(H2,19,24,25)/t14-/m0/s1. The number of benzene rings is 1. The summed E-state index contributed by atoms with van der Waals surface area (Å²) in [6, 6.07) is 8.63. The number of halogens is 1. The molecular weight excluding hydrogens is 423 g/mol. The van der Waals surface area contributed by atoms with Gasteiger partial charge in [0.05, 0.1) is 11.5 Å². The van der Waals surface area contributed by atoms with Crippen LogP contribution in [-0.4, -0.2) is 57.6 Å². The van der Waals surface area contributed by atoms with Crippen molar-refractivity contribution >= 4 is 25.9 Å². The third kappa shape index (κ3) is 5.70. The van der Waals surface area contributed by atoms with E-state index in [2.05, 4.69) is 10.3 Å². The molecule has 0 fully saturated rings. The second kappa shape index (κ2) is 9.13. The quantitative estimate of drug-likeness (QED) is 0.512. The van der Waals surface area contributed by atoms with Gasteiger partial charge in [0.25, 0.3) is 0 Å². The van der Waals surface area contributed by atoms with Crippen molar-refractivity contribution in [2.75, 3.05) is 25.5 Å². The van der Waals surface area contributed by atoms with E-state index in [4.69, 9.17) is 10.2 Å². The van der Waals surface area contributed by atoms with Crippen LogP contribution in [0.15, 0.2) is 46.2 Å². The molecule has 0 amide bonds. The van der Waals surface area contributed by atoms with Gasteiger partial charge in [0.15, 0.2) is 0 Å². The summed E-state index contributed by atoms with van der Waals surface area (Å²) in [5.74, 6) is -0.0623. The number of pyridine rings is 1. The van der Waals surface area contributed by atoms with Crippen molar-refractivity contribution in [2.24, 2.45) is 5.14 Å². The molecule has 0 bridgehead atoms. The smallest absolute Gasteiger partial charge is 0.246 e. The van der Waals surface area contributed by atoms with E-state index < -0.39 is 32.8 Å². The van der Waals surface area contributed by atoms with Gasteiger partial charge in [-0.1, -0.05) is 18.2 Å².